The number of H-pyrrole nitrogens is 1. The molecule has 1 saturated carbocycles. The second-order valence-corrected chi connectivity index (χ2v) is 17.6. The number of aryl methyl sites for hydroxylation is 1. The van der Waals surface area contributed by atoms with Gasteiger partial charge in [0.1, 0.15) is 0 Å². The lowest BCUT2D eigenvalue weighted by molar-refractivity contribution is -0.228. The fourth-order valence-corrected chi connectivity index (χ4v) is 13.3. The quantitative estimate of drug-likeness (QED) is 0.223. The summed E-state index contributed by atoms with van der Waals surface area (Å²) in [6, 6.07) is 12.8. The van der Waals surface area contributed by atoms with Gasteiger partial charge in [0.15, 0.2) is 6.10 Å². The topological polar surface area (TPSA) is 98.3 Å². The zero-order valence-corrected chi connectivity index (χ0v) is 33.7. The normalized spacial score (nSPS) is 36.2. The third kappa shape index (κ3) is 4.75. The SMILES string of the molecule is CCC1=C[C@@H]2CN(CCc3c([nH]c4ccccc34)[C@@](CC)(c3cc4c(cc3C)N(C)C3C(O)(C(=O)OC)[C@H](OC(C)=O)[C@]5(CC)C=CCN6CC[C@]43[C@@H]65)C2)C1. The van der Waals surface area contributed by atoms with Gasteiger partial charge in [0.25, 0.3) is 0 Å². The van der Waals surface area contributed by atoms with Crippen LogP contribution in [0.15, 0.2) is 60.2 Å². The molecule has 5 aliphatic heterocycles. The van der Waals surface area contributed by atoms with Crippen LogP contribution in [0.3, 0.4) is 0 Å². The number of rotatable bonds is 6. The van der Waals surface area contributed by atoms with E-state index in [9.17, 15) is 14.7 Å². The number of aromatic nitrogens is 1. The Balaban J connectivity index is 1.33. The van der Waals surface area contributed by atoms with Crippen LogP contribution in [-0.2, 0) is 36.3 Å². The number of nitrogens with one attached hydrogen (secondary N) is 1. The molecule has 2 N–H and O–H groups in total. The largest absolute Gasteiger partial charge is 0.467 e. The Morgan fingerprint density at radius 1 is 1.05 bits per heavy atom. The molecule has 2 fully saturated rings. The van der Waals surface area contributed by atoms with E-state index in [4.69, 9.17) is 9.47 Å². The molecular formula is C46H58N4O5. The number of likely N-dealkylation sites (N-methyl/N-ethyl adjacent to an activating group) is 1. The molecule has 3 unspecified atom stereocenters. The highest BCUT2D eigenvalue weighted by molar-refractivity contribution is 5.88. The van der Waals surface area contributed by atoms with Crippen molar-refractivity contribution in [3.8, 4) is 0 Å². The molecule has 6 heterocycles. The monoisotopic (exact) mass is 746 g/mol. The number of benzene rings is 2. The van der Waals surface area contributed by atoms with Crippen LogP contribution in [0.1, 0.15) is 87.7 Å². The zero-order valence-electron chi connectivity index (χ0n) is 33.7. The lowest BCUT2D eigenvalue weighted by Gasteiger charge is -2.63. The van der Waals surface area contributed by atoms with Crippen LogP contribution < -0.4 is 4.90 Å². The number of aliphatic hydroxyl groups is 1. The third-order valence-corrected chi connectivity index (χ3v) is 15.3. The van der Waals surface area contributed by atoms with Crippen molar-refractivity contribution in [2.24, 2.45) is 11.3 Å². The van der Waals surface area contributed by atoms with Gasteiger partial charge < -0.3 is 24.5 Å². The van der Waals surface area contributed by atoms with Gasteiger partial charge in [0.2, 0.25) is 5.60 Å². The Kier molecular flexibility index (Phi) is 8.54. The van der Waals surface area contributed by atoms with Gasteiger partial charge in [-0.25, -0.2) is 4.79 Å². The van der Waals surface area contributed by atoms with Gasteiger partial charge in [0.05, 0.1) is 13.2 Å². The zero-order chi connectivity index (χ0) is 38.7. The highest BCUT2D eigenvalue weighted by Gasteiger charge is 2.80. The lowest BCUT2D eigenvalue weighted by atomic mass is 9.47. The second-order valence-electron chi connectivity index (χ2n) is 17.6. The number of hydrogen-bond donors (Lipinski definition) is 2. The molecule has 9 nitrogen and oxygen atoms in total. The first-order valence-electron chi connectivity index (χ1n) is 20.7. The van der Waals surface area contributed by atoms with E-state index >= 15 is 0 Å². The molecule has 292 valence electrons. The molecule has 1 aliphatic carbocycles. The van der Waals surface area contributed by atoms with E-state index < -0.39 is 40.5 Å². The number of anilines is 1. The summed E-state index contributed by atoms with van der Waals surface area (Å²) in [5, 5.41) is 14.6. The van der Waals surface area contributed by atoms with Crippen molar-refractivity contribution in [1.82, 2.24) is 14.8 Å². The molecule has 1 spiro atoms. The number of hydrogen-bond acceptors (Lipinski definition) is 8. The molecule has 9 atom stereocenters. The minimum Gasteiger partial charge on any atom is -0.467 e. The van der Waals surface area contributed by atoms with E-state index in [2.05, 4.69) is 102 Å². The Morgan fingerprint density at radius 3 is 2.58 bits per heavy atom. The molecule has 2 bridgehead atoms. The summed E-state index contributed by atoms with van der Waals surface area (Å²) >= 11 is 0. The molecule has 55 heavy (non-hydrogen) atoms. The maximum absolute atomic E-state index is 14.3. The van der Waals surface area contributed by atoms with Crippen molar-refractivity contribution in [2.45, 2.75) is 108 Å². The number of fused-ring (bicyclic) bond motifs is 6. The summed E-state index contributed by atoms with van der Waals surface area (Å²) in [6.45, 7) is 15.1. The third-order valence-electron chi connectivity index (χ3n) is 15.3. The number of nitrogens with zero attached hydrogens (tertiary/aromatic N) is 3. The van der Waals surface area contributed by atoms with E-state index in [0.717, 1.165) is 70.5 Å². The summed E-state index contributed by atoms with van der Waals surface area (Å²) in [7, 11) is 3.34. The summed E-state index contributed by atoms with van der Waals surface area (Å²) in [4.78, 5) is 38.7. The van der Waals surface area contributed by atoms with Crippen molar-refractivity contribution >= 4 is 28.5 Å². The summed E-state index contributed by atoms with van der Waals surface area (Å²) in [6.07, 6.45) is 11.0. The number of methoxy groups -OCH3 is 1. The lowest BCUT2D eigenvalue weighted by Crippen LogP contribution is -2.81. The number of carbonyl (C=O) groups excluding carboxylic acids is 2. The molecule has 0 radical (unpaired) electrons. The fraction of sp³-hybridized carbons (Fsp3) is 0.565. The first kappa shape index (κ1) is 36.7. The van der Waals surface area contributed by atoms with Gasteiger partial charge in [-0.15, -0.1) is 0 Å². The Morgan fingerprint density at radius 2 is 1.85 bits per heavy atom. The summed E-state index contributed by atoms with van der Waals surface area (Å²) < 4.78 is 11.7. The molecule has 3 aromatic rings. The maximum atomic E-state index is 14.3. The molecule has 2 aromatic carbocycles. The predicted octanol–water partition coefficient (Wildman–Crippen LogP) is 6.33. The average Bonchev–Trinajstić information content (AvgIpc) is 3.84. The van der Waals surface area contributed by atoms with Gasteiger partial charge in [-0.1, -0.05) is 68.8 Å². The fourth-order valence-electron chi connectivity index (χ4n) is 13.3. The average molecular weight is 747 g/mol. The summed E-state index contributed by atoms with van der Waals surface area (Å²) in [5.74, 6) is -0.884. The van der Waals surface area contributed by atoms with E-state index in [0.29, 0.717) is 12.3 Å². The highest BCUT2D eigenvalue weighted by atomic mass is 16.6. The Hall–Kier alpha value is -3.92. The van der Waals surface area contributed by atoms with Gasteiger partial charge >= 0.3 is 11.9 Å². The minimum atomic E-state index is -2.13. The van der Waals surface area contributed by atoms with Crippen molar-refractivity contribution < 1.29 is 24.2 Å². The first-order chi connectivity index (χ1) is 26.4. The van der Waals surface area contributed by atoms with E-state index in [1.54, 1.807) is 0 Å². The molecule has 9 rings (SSSR count). The minimum absolute atomic E-state index is 0.114. The number of para-hydroxylation sites is 1. The molecule has 1 saturated heterocycles. The van der Waals surface area contributed by atoms with Crippen molar-refractivity contribution in [1.29, 1.82) is 0 Å². The number of esters is 2. The van der Waals surface area contributed by atoms with Crippen molar-refractivity contribution in [3.05, 3.63) is 88.1 Å². The van der Waals surface area contributed by atoms with Crippen molar-refractivity contribution in [2.75, 3.05) is 51.8 Å². The Labute approximate surface area is 325 Å². The number of aromatic amines is 1. The van der Waals surface area contributed by atoms with E-state index in [-0.39, 0.29) is 11.5 Å². The smallest absolute Gasteiger partial charge is 0.344 e. The van der Waals surface area contributed by atoms with Crippen LogP contribution in [0.25, 0.3) is 10.9 Å². The van der Waals surface area contributed by atoms with E-state index in [1.165, 1.54) is 58.5 Å². The van der Waals surface area contributed by atoms with E-state index in [1.807, 2.05) is 7.05 Å². The highest BCUT2D eigenvalue weighted by Crippen LogP contribution is 2.68. The molecular weight excluding hydrogens is 689 g/mol. The van der Waals surface area contributed by atoms with Crippen LogP contribution >= 0.6 is 0 Å². The second kappa shape index (κ2) is 12.8. The number of ether oxygens (including phenoxy) is 2. The van der Waals surface area contributed by atoms with Gasteiger partial charge in [-0.2, -0.15) is 0 Å². The standard InChI is InChI=1S/C46H58N4O5/c1-8-30-23-31-25-44(10-3,38-33(16-20-49(26-30)27-31)32-14-11-12-15-36(32)47-38)34-24-35-37(22-28(34)4)48(6)40-45(35)18-21-50-19-13-17-43(9-2,39(45)50)41(55-29(5)51)46(40,53)42(52)54-7/h11-15,17,22-24,31,39-41,47,53H,8-10,16,18-21,25-27H2,1-7H3/t31-,39-,40?,41+,43+,44+,45+,46?/m0/s1. The van der Waals surface area contributed by atoms with Crippen LogP contribution in [0.4, 0.5) is 5.69 Å². The van der Waals surface area contributed by atoms with Crippen LogP contribution in [0, 0.1) is 18.3 Å². The summed E-state index contributed by atoms with van der Waals surface area (Å²) in [5.41, 5.74) is 6.28. The van der Waals surface area contributed by atoms with Gasteiger partial charge in [-0.05, 0) is 92.3 Å². The number of carbonyl (C=O) groups is 2. The Bertz CT molecular complexity index is 2140. The predicted molar refractivity (Wildman–Crippen MR) is 215 cm³/mol. The molecule has 0 amide bonds. The maximum Gasteiger partial charge on any atom is 0.344 e. The molecule has 1 aromatic heterocycles. The van der Waals surface area contributed by atoms with Crippen LogP contribution in [0.2, 0.25) is 0 Å². The molecule has 6 aliphatic rings. The van der Waals surface area contributed by atoms with Crippen molar-refractivity contribution in [3.63, 3.8) is 0 Å². The van der Waals surface area contributed by atoms with Gasteiger partial charge in [-0.3, -0.25) is 14.6 Å². The van der Waals surface area contributed by atoms with Gasteiger partial charge in [0, 0.05) is 84.7 Å². The first-order valence-corrected chi connectivity index (χ1v) is 20.7. The molecule has 9 heteroatoms. The van der Waals surface area contributed by atoms with Crippen LogP contribution in [0.5, 0.6) is 0 Å². The van der Waals surface area contributed by atoms with Crippen LogP contribution in [-0.4, -0.2) is 102 Å².